The first kappa shape index (κ1) is 21.3. The molecule has 4 fully saturated rings. The Labute approximate surface area is 158 Å². The summed E-state index contributed by atoms with van der Waals surface area (Å²) in [6, 6.07) is 0. The smallest absolute Gasteiger partial charge is 0.451 e. The summed E-state index contributed by atoms with van der Waals surface area (Å²) < 4.78 is 90.4. The first-order valence-electron chi connectivity index (χ1n) is 8.81. The Bertz CT molecular complexity index is 728. The summed E-state index contributed by atoms with van der Waals surface area (Å²) in [5.41, 5.74) is -0.196. The number of ether oxygens (including phenoxy) is 2. The molecule has 0 heterocycles. The molecular formula is C16H20F4O7S. The molecule has 4 bridgehead atoms. The molecule has 0 aliphatic heterocycles. The molecule has 4 rings (SSSR count). The second kappa shape index (κ2) is 6.82. The average Bonchev–Trinajstić information content (AvgIpc) is 2.54. The van der Waals surface area contributed by atoms with Gasteiger partial charge in [0.05, 0.1) is 6.61 Å². The van der Waals surface area contributed by atoms with Crippen molar-refractivity contribution in [3.05, 3.63) is 0 Å². The van der Waals surface area contributed by atoms with Crippen LogP contribution >= 0.6 is 0 Å². The summed E-state index contributed by atoms with van der Waals surface area (Å²) in [6.45, 7) is -1.38. The van der Waals surface area contributed by atoms with Crippen molar-refractivity contribution >= 4 is 22.1 Å². The van der Waals surface area contributed by atoms with Gasteiger partial charge in [-0.3, -0.25) is 4.55 Å². The lowest BCUT2D eigenvalue weighted by atomic mass is 9.50. The van der Waals surface area contributed by atoms with E-state index in [4.69, 9.17) is 9.29 Å². The number of alkyl halides is 4. The zero-order valence-electron chi connectivity index (χ0n) is 14.7. The highest BCUT2D eigenvalue weighted by Gasteiger charge is 2.72. The molecule has 0 spiro atoms. The van der Waals surface area contributed by atoms with Gasteiger partial charge >= 0.3 is 33.2 Å². The number of carbonyl (C=O) groups is 2. The average molecular weight is 432 g/mol. The Balaban J connectivity index is 1.55. The maximum atomic E-state index is 13.8. The van der Waals surface area contributed by atoms with E-state index in [2.05, 4.69) is 4.74 Å². The third kappa shape index (κ3) is 3.72. The molecule has 12 heteroatoms. The van der Waals surface area contributed by atoms with Gasteiger partial charge in [0.15, 0.2) is 6.61 Å². The lowest BCUT2D eigenvalue weighted by Crippen LogP contribution is -2.55. The predicted molar refractivity (Wildman–Crippen MR) is 84.0 cm³/mol. The predicted octanol–water partition coefficient (Wildman–Crippen LogP) is 2.41. The second-order valence-corrected chi connectivity index (χ2v) is 9.74. The Morgan fingerprint density at radius 3 is 1.82 bits per heavy atom. The highest BCUT2D eigenvalue weighted by Crippen LogP contribution is 2.60. The SMILES string of the molecule is O=C(COC(=O)C(F)(C(F)(F)F)S(=O)(=O)O)OCC12CC3CC(CC(C3)C1)C2. The van der Waals surface area contributed by atoms with Gasteiger partial charge in [-0.05, 0) is 56.3 Å². The van der Waals surface area contributed by atoms with Crippen LogP contribution in [-0.4, -0.2) is 49.3 Å². The van der Waals surface area contributed by atoms with Gasteiger partial charge in [0.2, 0.25) is 0 Å². The Hall–Kier alpha value is -1.43. The number of hydrogen-bond donors (Lipinski definition) is 1. The number of halogens is 4. The van der Waals surface area contributed by atoms with Crippen LogP contribution in [0.5, 0.6) is 0 Å². The minimum Gasteiger partial charge on any atom is -0.463 e. The monoisotopic (exact) mass is 432 g/mol. The molecule has 0 amide bonds. The fourth-order valence-electron chi connectivity index (χ4n) is 5.33. The molecule has 1 unspecified atom stereocenters. The van der Waals surface area contributed by atoms with Crippen LogP contribution in [-0.2, 0) is 29.2 Å². The number of esters is 2. The van der Waals surface area contributed by atoms with Gasteiger partial charge in [-0.25, -0.2) is 14.0 Å². The molecule has 0 aromatic carbocycles. The van der Waals surface area contributed by atoms with Crippen molar-refractivity contribution in [3.8, 4) is 0 Å². The van der Waals surface area contributed by atoms with Gasteiger partial charge in [0, 0.05) is 5.41 Å². The number of hydrogen-bond acceptors (Lipinski definition) is 6. The van der Waals surface area contributed by atoms with E-state index in [0.29, 0.717) is 17.8 Å². The highest BCUT2D eigenvalue weighted by molar-refractivity contribution is 7.88. The first-order chi connectivity index (χ1) is 12.8. The van der Waals surface area contributed by atoms with Crippen molar-refractivity contribution < 1.29 is 49.6 Å². The van der Waals surface area contributed by atoms with Gasteiger partial charge < -0.3 is 9.47 Å². The van der Waals surface area contributed by atoms with Gasteiger partial charge in [0.1, 0.15) is 0 Å². The van der Waals surface area contributed by atoms with Crippen molar-refractivity contribution in [3.63, 3.8) is 0 Å². The van der Waals surface area contributed by atoms with E-state index in [1.54, 1.807) is 0 Å². The third-order valence-corrected chi connectivity index (χ3v) is 7.12. The molecule has 28 heavy (non-hydrogen) atoms. The van der Waals surface area contributed by atoms with Crippen LogP contribution in [0.1, 0.15) is 38.5 Å². The fourth-order valence-corrected chi connectivity index (χ4v) is 5.89. The summed E-state index contributed by atoms with van der Waals surface area (Å²) >= 11 is 0. The highest BCUT2D eigenvalue weighted by atomic mass is 32.2. The lowest BCUT2D eigenvalue weighted by Gasteiger charge is -2.56. The standard InChI is InChI=1S/C16H20F4O7S/c17-15(16(18,19)20,28(23,24)25)13(22)26-7-12(21)27-8-14-4-9-1-10(5-14)3-11(2-9)6-14/h9-11H,1-8H2,(H,23,24,25). The molecule has 0 saturated heterocycles. The molecule has 4 aliphatic carbocycles. The van der Waals surface area contributed by atoms with Crippen molar-refractivity contribution in [2.45, 2.75) is 49.7 Å². The van der Waals surface area contributed by atoms with Gasteiger partial charge in [0.25, 0.3) is 0 Å². The molecule has 0 aromatic rings. The van der Waals surface area contributed by atoms with Gasteiger partial charge in [-0.15, -0.1) is 0 Å². The van der Waals surface area contributed by atoms with Crippen LogP contribution < -0.4 is 0 Å². The third-order valence-electron chi connectivity index (χ3n) is 6.01. The topological polar surface area (TPSA) is 107 Å². The maximum Gasteiger partial charge on any atom is 0.451 e. The molecule has 0 radical (unpaired) electrons. The van der Waals surface area contributed by atoms with Crippen LogP contribution in [0.15, 0.2) is 0 Å². The van der Waals surface area contributed by atoms with E-state index >= 15 is 0 Å². The Morgan fingerprint density at radius 2 is 1.43 bits per heavy atom. The number of carbonyl (C=O) groups excluding carboxylic acids is 2. The van der Waals surface area contributed by atoms with Gasteiger partial charge in [-0.1, -0.05) is 0 Å². The molecule has 1 N–H and O–H groups in total. The minimum absolute atomic E-state index is 0.0191. The fraction of sp³-hybridized carbons (Fsp3) is 0.875. The molecule has 1 atom stereocenters. The van der Waals surface area contributed by atoms with E-state index in [1.807, 2.05) is 0 Å². The normalized spacial score (nSPS) is 34.0. The van der Waals surface area contributed by atoms with Crippen molar-refractivity contribution in [2.24, 2.45) is 23.2 Å². The minimum atomic E-state index is -6.53. The molecule has 160 valence electrons. The summed E-state index contributed by atoms with van der Waals surface area (Å²) in [6.07, 6.45) is -0.187. The van der Waals surface area contributed by atoms with Crippen LogP contribution in [0.3, 0.4) is 0 Å². The van der Waals surface area contributed by atoms with Crippen molar-refractivity contribution in [1.29, 1.82) is 0 Å². The molecule has 4 saturated carbocycles. The summed E-state index contributed by atoms with van der Waals surface area (Å²) in [5.74, 6) is -2.47. The largest absolute Gasteiger partial charge is 0.463 e. The van der Waals surface area contributed by atoms with E-state index in [0.717, 1.165) is 38.5 Å². The zero-order valence-corrected chi connectivity index (χ0v) is 15.5. The van der Waals surface area contributed by atoms with E-state index in [9.17, 15) is 35.6 Å². The van der Waals surface area contributed by atoms with Crippen molar-refractivity contribution in [2.75, 3.05) is 13.2 Å². The molecule has 4 aliphatic rings. The quantitative estimate of drug-likeness (QED) is 0.390. The van der Waals surface area contributed by atoms with Crippen LogP contribution in [0, 0.1) is 23.2 Å². The summed E-state index contributed by atoms with van der Waals surface area (Å²) in [7, 11) is -6.53. The van der Waals surface area contributed by atoms with Crippen LogP contribution in [0.2, 0.25) is 0 Å². The zero-order chi connectivity index (χ0) is 21.0. The molecule has 7 nitrogen and oxygen atoms in total. The molecule has 0 aromatic heterocycles. The van der Waals surface area contributed by atoms with Crippen LogP contribution in [0.25, 0.3) is 0 Å². The van der Waals surface area contributed by atoms with Crippen LogP contribution in [0.4, 0.5) is 17.6 Å². The second-order valence-electron chi connectivity index (χ2n) is 8.22. The Kier molecular flexibility index (Phi) is 5.19. The summed E-state index contributed by atoms with van der Waals surface area (Å²) in [4.78, 5) is 23.1. The lowest BCUT2D eigenvalue weighted by molar-refractivity contribution is -0.216. The van der Waals surface area contributed by atoms with Gasteiger partial charge in [-0.2, -0.15) is 21.6 Å². The summed E-state index contributed by atoms with van der Waals surface area (Å²) in [5, 5.41) is -5.68. The van der Waals surface area contributed by atoms with E-state index in [1.165, 1.54) is 0 Å². The molecular weight excluding hydrogens is 412 g/mol. The van der Waals surface area contributed by atoms with Crippen molar-refractivity contribution in [1.82, 2.24) is 0 Å². The first-order valence-corrected chi connectivity index (χ1v) is 10.3. The van der Waals surface area contributed by atoms with E-state index in [-0.39, 0.29) is 12.0 Å². The maximum absolute atomic E-state index is 13.8. The number of rotatable bonds is 6. The van der Waals surface area contributed by atoms with E-state index < -0.39 is 39.8 Å². The Morgan fingerprint density at radius 1 is 0.964 bits per heavy atom.